The Balaban J connectivity index is 1.76. The summed E-state index contributed by atoms with van der Waals surface area (Å²) in [5, 5.41) is 4.54. The van der Waals surface area contributed by atoms with Crippen LogP contribution in [0, 0.1) is 11.8 Å². The minimum absolute atomic E-state index is 0.206. The van der Waals surface area contributed by atoms with Gasteiger partial charge in [0.05, 0.1) is 17.4 Å². The van der Waals surface area contributed by atoms with Gasteiger partial charge in [-0.05, 0) is 31.2 Å². The van der Waals surface area contributed by atoms with Crippen molar-refractivity contribution in [2.45, 2.75) is 25.8 Å². The van der Waals surface area contributed by atoms with Gasteiger partial charge in [0, 0.05) is 0 Å². The van der Waals surface area contributed by atoms with Crippen LogP contribution in [0.1, 0.15) is 30.1 Å². The summed E-state index contributed by atoms with van der Waals surface area (Å²) in [6, 6.07) is 0.568. The standard InChI is InChI=1S/C16H17N3O4S/c1-8(13(21)18-14-11(12(17)20)6-7-24-14)19-15(22)9-4-2-3-5-10(9)16(19)23/h2-3,6-10H,4-5H2,1H3,(H2,17,20)(H,18,21)/t8-,9-,10-/m0/s1. The van der Waals surface area contributed by atoms with Gasteiger partial charge in [-0.15, -0.1) is 11.3 Å². The molecule has 3 atom stereocenters. The van der Waals surface area contributed by atoms with E-state index in [4.69, 9.17) is 5.73 Å². The van der Waals surface area contributed by atoms with Crippen LogP contribution in [0.15, 0.2) is 23.6 Å². The lowest BCUT2D eigenvalue weighted by atomic mass is 9.85. The van der Waals surface area contributed by atoms with E-state index in [1.54, 1.807) is 5.38 Å². The summed E-state index contributed by atoms with van der Waals surface area (Å²) >= 11 is 1.16. The number of fused-ring (bicyclic) bond motifs is 1. The van der Waals surface area contributed by atoms with Crippen LogP contribution in [-0.4, -0.2) is 34.6 Å². The van der Waals surface area contributed by atoms with Crippen LogP contribution in [0.2, 0.25) is 0 Å². The predicted octanol–water partition coefficient (Wildman–Crippen LogP) is 1.13. The van der Waals surface area contributed by atoms with Crippen LogP contribution >= 0.6 is 11.3 Å². The Morgan fingerprint density at radius 1 is 1.25 bits per heavy atom. The summed E-state index contributed by atoms with van der Waals surface area (Å²) in [6.45, 7) is 1.51. The molecular formula is C16H17N3O4S. The summed E-state index contributed by atoms with van der Waals surface area (Å²) in [4.78, 5) is 49.8. The normalized spacial score (nSPS) is 24.0. The minimum atomic E-state index is -0.946. The van der Waals surface area contributed by atoms with Crippen molar-refractivity contribution in [3.05, 3.63) is 29.2 Å². The maximum atomic E-state index is 12.5. The third-order valence-corrected chi connectivity index (χ3v) is 5.31. The van der Waals surface area contributed by atoms with E-state index in [0.29, 0.717) is 17.8 Å². The number of primary amides is 1. The second kappa shape index (κ2) is 6.20. The van der Waals surface area contributed by atoms with Crippen molar-refractivity contribution in [1.29, 1.82) is 0 Å². The van der Waals surface area contributed by atoms with Gasteiger partial charge in [0.1, 0.15) is 11.0 Å². The van der Waals surface area contributed by atoms with Gasteiger partial charge in [0.25, 0.3) is 5.91 Å². The molecule has 1 fully saturated rings. The highest BCUT2D eigenvalue weighted by Gasteiger charge is 2.50. The predicted molar refractivity (Wildman–Crippen MR) is 88.1 cm³/mol. The molecule has 1 aromatic heterocycles. The van der Waals surface area contributed by atoms with Crippen molar-refractivity contribution in [2.24, 2.45) is 17.6 Å². The first-order valence-corrected chi connectivity index (χ1v) is 8.50. The number of anilines is 1. The SMILES string of the molecule is C[C@@H](C(=O)Nc1sccc1C(N)=O)N1C(=O)[C@H]2CC=CC[C@@H]2C1=O. The zero-order valence-electron chi connectivity index (χ0n) is 13.0. The molecule has 1 aliphatic heterocycles. The molecule has 3 N–H and O–H groups in total. The Morgan fingerprint density at radius 2 is 1.83 bits per heavy atom. The monoisotopic (exact) mass is 347 g/mol. The number of hydrogen-bond donors (Lipinski definition) is 2. The zero-order valence-corrected chi connectivity index (χ0v) is 13.8. The largest absolute Gasteiger partial charge is 0.366 e. The Bertz CT molecular complexity index is 728. The molecule has 2 aliphatic rings. The Kier molecular flexibility index (Phi) is 4.23. The van der Waals surface area contributed by atoms with E-state index in [1.807, 2.05) is 12.2 Å². The van der Waals surface area contributed by atoms with E-state index in [9.17, 15) is 19.2 Å². The number of hydrogen-bond acceptors (Lipinski definition) is 5. The number of amides is 4. The van der Waals surface area contributed by atoms with Crippen LogP contribution in [-0.2, 0) is 14.4 Å². The van der Waals surface area contributed by atoms with E-state index < -0.39 is 17.9 Å². The first-order chi connectivity index (χ1) is 11.4. The molecule has 1 saturated heterocycles. The molecule has 0 unspecified atom stereocenters. The Hall–Kier alpha value is -2.48. The molecule has 0 radical (unpaired) electrons. The number of allylic oxidation sites excluding steroid dienone is 2. The van der Waals surface area contributed by atoms with Gasteiger partial charge in [0.15, 0.2) is 0 Å². The van der Waals surface area contributed by atoms with Crippen LogP contribution in [0.25, 0.3) is 0 Å². The van der Waals surface area contributed by atoms with Crippen LogP contribution < -0.4 is 11.1 Å². The van der Waals surface area contributed by atoms with Crippen molar-refractivity contribution in [3.63, 3.8) is 0 Å². The van der Waals surface area contributed by atoms with Crippen molar-refractivity contribution >= 4 is 40.0 Å². The third kappa shape index (κ3) is 2.62. The van der Waals surface area contributed by atoms with E-state index in [1.165, 1.54) is 13.0 Å². The fourth-order valence-corrected chi connectivity index (χ4v) is 3.94. The molecule has 4 amide bonds. The topological polar surface area (TPSA) is 110 Å². The molecule has 8 heteroatoms. The number of carbonyl (C=O) groups excluding carboxylic acids is 4. The fraction of sp³-hybridized carbons (Fsp3) is 0.375. The summed E-state index contributed by atoms with van der Waals surface area (Å²) < 4.78 is 0. The summed E-state index contributed by atoms with van der Waals surface area (Å²) in [5.41, 5.74) is 5.45. The molecule has 3 rings (SSSR count). The molecule has 0 bridgehead atoms. The number of nitrogens with two attached hydrogens (primary N) is 1. The van der Waals surface area contributed by atoms with Gasteiger partial charge in [-0.3, -0.25) is 24.1 Å². The lowest BCUT2D eigenvalue weighted by Gasteiger charge is -2.22. The Labute approximate surface area is 142 Å². The summed E-state index contributed by atoms with van der Waals surface area (Å²) in [6.07, 6.45) is 4.84. The van der Waals surface area contributed by atoms with Crippen molar-refractivity contribution in [1.82, 2.24) is 4.90 Å². The van der Waals surface area contributed by atoms with Crippen molar-refractivity contribution < 1.29 is 19.2 Å². The Morgan fingerprint density at radius 3 is 2.38 bits per heavy atom. The van der Waals surface area contributed by atoms with Crippen molar-refractivity contribution in [2.75, 3.05) is 5.32 Å². The highest BCUT2D eigenvalue weighted by Crippen LogP contribution is 2.36. The van der Waals surface area contributed by atoms with Gasteiger partial charge in [0.2, 0.25) is 17.7 Å². The smallest absolute Gasteiger partial charge is 0.251 e. The van der Waals surface area contributed by atoms with Crippen LogP contribution in [0.4, 0.5) is 5.00 Å². The second-order valence-electron chi connectivity index (χ2n) is 5.90. The average molecular weight is 347 g/mol. The maximum absolute atomic E-state index is 12.5. The number of thiophene rings is 1. The van der Waals surface area contributed by atoms with Crippen LogP contribution in [0.5, 0.6) is 0 Å². The quantitative estimate of drug-likeness (QED) is 0.628. The van der Waals surface area contributed by atoms with Crippen molar-refractivity contribution in [3.8, 4) is 0 Å². The number of carbonyl (C=O) groups is 4. The van der Waals surface area contributed by atoms with Gasteiger partial charge >= 0.3 is 0 Å². The molecule has 2 heterocycles. The fourth-order valence-electron chi connectivity index (χ4n) is 3.14. The van der Waals surface area contributed by atoms with E-state index in [2.05, 4.69) is 5.32 Å². The molecule has 24 heavy (non-hydrogen) atoms. The highest BCUT2D eigenvalue weighted by molar-refractivity contribution is 7.14. The first kappa shape index (κ1) is 16.4. The molecule has 0 spiro atoms. The van der Waals surface area contributed by atoms with Crippen LogP contribution in [0.3, 0.4) is 0 Å². The molecule has 0 aromatic carbocycles. The average Bonchev–Trinajstić information content (AvgIpc) is 3.11. The van der Waals surface area contributed by atoms with E-state index in [-0.39, 0.29) is 29.2 Å². The lowest BCUT2D eigenvalue weighted by molar-refractivity contribution is -0.146. The van der Waals surface area contributed by atoms with E-state index in [0.717, 1.165) is 16.2 Å². The molecular weight excluding hydrogens is 330 g/mol. The third-order valence-electron chi connectivity index (χ3n) is 4.48. The van der Waals surface area contributed by atoms with Gasteiger partial charge in [-0.25, -0.2) is 0 Å². The maximum Gasteiger partial charge on any atom is 0.251 e. The lowest BCUT2D eigenvalue weighted by Crippen LogP contribution is -2.46. The van der Waals surface area contributed by atoms with Gasteiger partial charge < -0.3 is 11.1 Å². The first-order valence-electron chi connectivity index (χ1n) is 7.62. The second-order valence-corrected chi connectivity index (χ2v) is 6.81. The molecule has 126 valence electrons. The highest BCUT2D eigenvalue weighted by atomic mass is 32.1. The molecule has 1 aliphatic carbocycles. The molecule has 0 saturated carbocycles. The number of nitrogens with one attached hydrogen (secondary N) is 1. The number of rotatable bonds is 4. The minimum Gasteiger partial charge on any atom is -0.366 e. The van der Waals surface area contributed by atoms with Gasteiger partial charge in [-0.1, -0.05) is 12.2 Å². The number of imide groups is 1. The molecule has 7 nitrogen and oxygen atoms in total. The van der Waals surface area contributed by atoms with E-state index >= 15 is 0 Å². The molecule has 1 aromatic rings. The number of likely N-dealkylation sites (tertiary alicyclic amines) is 1. The van der Waals surface area contributed by atoms with Gasteiger partial charge in [-0.2, -0.15) is 0 Å². The summed E-state index contributed by atoms with van der Waals surface area (Å²) in [5.74, 6) is -2.53. The summed E-state index contributed by atoms with van der Waals surface area (Å²) in [7, 11) is 0. The zero-order chi connectivity index (χ0) is 17.4. The number of nitrogens with zero attached hydrogens (tertiary/aromatic N) is 1.